The molecular weight excluding hydrogens is 359 g/mol. The molecule has 0 spiro atoms. The zero-order valence-electron chi connectivity index (χ0n) is 13.3. The second kappa shape index (κ2) is 6.42. The summed E-state index contributed by atoms with van der Waals surface area (Å²) in [6.45, 7) is 0. The third-order valence-electron chi connectivity index (χ3n) is 3.76. The first-order valence-electron chi connectivity index (χ1n) is 7.77. The molecule has 3 nitrogen and oxygen atoms in total. The van der Waals surface area contributed by atoms with Crippen LogP contribution in [0.15, 0.2) is 66.7 Å². The quantitative estimate of drug-likeness (QED) is 0.471. The van der Waals surface area contributed by atoms with Gasteiger partial charge in [0.05, 0.1) is 16.0 Å². The van der Waals surface area contributed by atoms with E-state index in [4.69, 9.17) is 0 Å². The van der Waals surface area contributed by atoms with Crippen LogP contribution in [0.5, 0.6) is 0 Å². The topological polar surface area (TPSA) is 37.8 Å². The molecule has 0 unspecified atom stereocenters. The Labute approximate surface area is 151 Å². The first-order valence-corrected chi connectivity index (χ1v) is 8.58. The first kappa shape index (κ1) is 16.5. The maximum atomic E-state index is 13.6. The van der Waals surface area contributed by atoms with E-state index in [2.05, 4.69) is 15.3 Å². The fraction of sp³-hybridized carbons (Fsp3) is 0.0526. The fourth-order valence-corrected chi connectivity index (χ4v) is 3.54. The van der Waals surface area contributed by atoms with Gasteiger partial charge in [-0.3, -0.25) is 0 Å². The zero-order chi connectivity index (χ0) is 18.1. The van der Waals surface area contributed by atoms with Gasteiger partial charge in [-0.15, -0.1) is 0 Å². The largest absolute Gasteiger partial charge is 0.417 e. The molecule has 0 radical (unpaired) electrons. The highest BCUT2D eigenvalue weighted by Crippen LogP contribution is 2.40. The Hall–Kier alpha value is -2.93. The number of para-hydroxylation sites is 1. The lowest BCUT2D eigenvalue weighted by molar-refractivity contribution is -0.136. The lowest BCUT2D eigenvalue weighted by Crippen LogP contribution is -2.06. The van der Waals surface area contributed by atoms with E-state index in [0.29, 0.717) is 10.7 Å². The van der Waals surface area contributed by atoms with E-state index in [1.807, 2.05) is 30.3 Å². The monoisotopic (exact) mass is 371 g/mol. The van der Waals surface area contributed by atoms with Crippen molar-refractivity contribution in [3.63, 3.8) is 0 Å². The number of benzene rings is 2. The molecule has 26 heavy (non-hydrogen) atoms. The number of nitrogens with zero attached hydrogens (tertiary/aromatic N) is 2. The van der Waals surface area contributed by atoms with Crippen LogP contribution in [0.1, 0.15) is 5.56 Å². The minimum atomic E-state index is -4.48. The minimum Gasteiger partial charge on any atom is -0.331 e. The smallest absolute Gasteiger partial charge is 0.331 e. The summed E-state index contributed by atoms with van der Waals surface area (Å²) in [5.41, 5.74) is 0.984. The Morgan fingerprint density at radius 2 is 1.50 bits per heavy atom. The Morgan fingerprint density at radius 1 is 0.846 bits per heavy atom. The summed E-state index contributed by atoms with van der Waals surface area (Å²) >= 11 is 0.945. The number of nitrogens with one attached hydrogen (secondary N) is 1. The van der Waals surface area contributed by atoms with Crippen molar-refractivity contribution < 1.29 is 13.2 Å². The number of hydrogen-bond acceptors (Lipinski definition) is 4. The molecule has 0 bridgehead atoms. The normalized spacial score (nSPS) is 11.7. The highest BCUT2D eigenvalue weighted by molar-refractivity contribution is 7.22. The molecule has 7 heteroatoms. The van der Waals surface area contributed by atoms with Gasteiger partial charge < -0.3 is 5.32 Å². The summed E-state index contributed by atoms with van der Waals surface area (Å²) in [7, 11) is 0. The van der Waals surface area contributed by atoms with Crippen LogP contribution in [0.3, 0.4) is 0 Å². The van der Waals surface area contributed by atoms with Crippen molar-refractivity contribution in [3.8, 4) is 11.3 Å². The maximum absolute atomic E-state index is 13.6. The second-order valence-corrected chi connectivity index (χ2v) is 6.58. The van der Waals surface area contributed by atoms with Gasteiger partial charge >= 0.3 is 6.18 Å². The molecular formula is C19H12F3N3S. The summed E-state index contributed by atoms with van der Waals surface area (Å²) in [4.78, 5) is 8.61. The van der Waals surface area contributed by atoms with Gasteiger partial charge in [0, 0.05) is 11.3 Å². The average Bonchev–Trinajstić information content (AvgIpc) is 3.03. The van der Waals surface area contributed by atoms with Crippen molar-refractivity contribution in [3.05, 3.63) is 72.3 Å². The Kier molecular flexibility index (Phi) is 4.08. The van der Waals surface area contributed by atoms with Gasteiger partial charge in [0.25, 0.3) is 0 Å². The second-order valence-electron chi connectivity index (χ2n) is 5.58. The predicted octanol–water partition coefficient (Wildman–Crippen LogP) is 6.12. The number of fused-ring (bicyclic) bond motifs is 1. The van der Waals surface area contributed by atoms with Gasteiger partial charge in [0.15, 0.2) is 10.8 Å². The Morgan fingerprint density at radius 3 is 2.15 bits per heavy atom. The van der Waals surface area contributed by atoms with Crippen LogP contribution in [0, 0.1) is 0 Å². The lowest BCUT2D eigenvalue weighted by atomic mass is 10.1. The molecule has 0 fully saturated rings. The Balaban J connectivity index is 1.85. The van der Waals surface area contributed by atoms with Gasteiger partial charge in [-0.1, -0.05) is 59.9 Å². The number of hydrogen-bond donors (Lipinski definition) is 1. The third-order valence-corrected chi connectivity index (χ3v) is 4.75. The van der Waals surface area contributed by atoms with Crippen molar-refractivity contribution in [2.24, 2.45) is 0 Å². The summed E-state index contributed by atoms with van der Waals surface area (Å²) in [5, 5.41) is 3.40. The molecule has 0 atom stereocenters. The molecule has 0 saturated heterocycles. The highest BCUT2D eigenvalue weighted by atomic mass is 32.1. The first-order chi connectivity index (χ1) is 12.5. The predicted molar refractivity (Wildman–Crippen MR) is 97.6 cm³/mol. The van der Waals surface area contributed by atoms with Crippen molar-refractivity contribution in [2.75, 3.05) is 5.32 Å². The highest BCUT2D eigenvalue weighted by Gasteiger charge is 2.35. The van der Waals surface area contributed by atoms with E-state index in [0.717, 1.165) is 23.1 Å². The van der Waals surface area contributed by atoms with Gasteiger partial charge in [0.1, 0.15) is 0 Å². The van der Waals surface area contributed by atoms with E-state index < -0.39 is 11.7 Å². The number of thiazole rings is 1. The minimum absolute atomic E-state index is 0.0237. The van der Waals surface area contributed by atoms with E-state index in [1.54, 1.807) is 30.3 Å². The molecule has 0 amide bonds. The number of anilines is 2. The van der Waals surface area contributed by atoms with Crippen molar-refractivity contribution in [2.45, 2.75) is 6.18 Å². The van der Waals surface area contributed by atoms with Crippen LogP contribution in [-0.4, -0.2) is 9.97 Å². The van der Waals surface area contributed by atoms with Crippen LogP contribution < -0.4 is 5.32 Å². The van der Waals surface area contributed by atoms with Gasteiger partial charge in [-0.05, 0) is 18.2 Å². The zero-order valence-corrected chi connectivity index (χ0v) is 14.1. The molecule has 4 rings (SSSR count). The Bertz CT molecular complexity index is 1040. The molecule has 1 N–H and O–H groups in total. The van der Waals surface area contributed by atoms with Gasteiger partial charge in [0.2, 0.25) is 0 Å². The number of pyridine rings is 1. The van der Waals surface area contributed by atoms with Crippen LogP contribution >= 0.6 is 11.3 Å². The number of aromatic nitrogens is 2. The molecule has 4 aromatic rings. The summed E-state index contributed by atoms with van der Waals surface area (Å²) in [6.07, 6.45) is -4.48. The lowest BCUT2D eigenvalue weighted by Gasteiger charge is -2.09. The van der Waals surface area contributed by atoms with Crippen molar-refractivity contribution in [1.29, 1.82) is 0 Å². The number of halogens is 3. The standard InChI is InChI=1S/C19H12F3N3S/c20-19(21,22)14-11-15(12-7-3-1-4-8-12)24-17-16(14)26-18(25-17)23-13-9-5-2-6-10-13/h1-11H,(H,23,24,25). The molecule has 2 aromatic heterocycles. The van der Waals surface area contributed by atoms with E-state index in [-0.39, 0.29) is 16.0 Å². The fourth-order valence-electron chi connectivity index (χ4n) is 2.58. The van der Waals surface area contributed by atoms with Crippen LogP contribution in [0.4, 0.5) is 24.0 Å². The maximum Gasteiger partial charge on any atom is 0.417 e. The molecule has 0 aliphatic carbocycles. The van der Waals surface area contributed by atoms with Crippen LogP contribution in [-0.2, 0) is 6.18 Å². The molecule has 0 aliphatic rings. The van der Waals surface area contributed by atoms with E-state index >= 15 is 0 Å². The summed E-state index contributed by atoms with van der Waals surface area (Å²) in [5.74, 6) is 0. The molecule has 2 heterocycles. The van der Waals surface area contributed by atoms with E-state index in [9.17, 15) is 13.2 Å². The van der Waals surface area contributed by atoms with Crippen molar-refractivity contribution in [1.82, 2.24) is 9.97 Å². The van der Waals surface area contributed by atoms with Gasteiger partial charge in [-0.2, -0.15) is 18.2 Å². The molecule has 0 aliphatic heterocycles. The molecule has 2 aromatic carbocycles. The van der Waals surface area contributed by atoms with E-state index in [1.165, 1.54) is 0 Å². The van der Waals surface area contributed by atoms with Crippen LogP contribution in [0.2, 0.25) is 0 Å². The molecule has 0 saturated carbocycles. The SMILES string of the molecule is FC(F)(F)c1cc(-c2ccccc2)nc2nc(Nc3ccccc3)sc12. The number of rotatable bonds is 3. The average molecular weight is 371 g/mol. The summed E-state index contributed by atoms with van der Waals surface area (Å²) < 4.78 is 40.8. The third kappa shape index (κ3) is 3.25. The summed E-state index contributed by atoms with van der Waals surface area (Å²) in [6, 6.07) is 19.0. The molecule has 130 valence electrons. The number of alkyl halides is 3. The van der Waals surface area contributed by atoms with Gasteiger partial charge in [-0.25, -0.2) is 4.98 Å². The van der Waals surface area contributed by atoms with Crippen LogP contribution in [0.25, 0.3) is 21.6 Å². The van der Waals surface area contributed by atoms with Crippen molar-refractivity contribution >= 4 is 32.5 Å².